The van der Waals surface area contributed by atoms with Gasteiger partial charge in [-0.15, -0.1) is 0 Å². The lowest BCUT2D eigenvalue weighted by Gasteiger charge is -2.03. The number of nitriles is 1. The van der Waals surface area contributed by atoms with Crippen LogP contribution in [0.3, 0.4) is 0 Å². The van der Waals surface area contributed by atoms with E-state index in [9.17, 15) is 18.0 Å². The number of aromatic nitrogens is 1. The van der Waals surface area contributed by atoms with E-state index in [1.165, 1.54) is 18.2 Å². The van der Waals surface area contributed by atoms with Crippen molar-refractivity contribution in [2.24, 2.45) is 0 Å². The Morgan fingerprint density at radius 2 is 2.06 bits per heavy atom. The van der Waals surface area contributed by atoms with E-state index in [0.717, 1.165) is 6.20 Å². The maximum Gasteiger partial charge on any atom is 0.454 e. The molecule has 0 unspecified atom stereocenters. The largest absolute Gasteiger partial charge is 0.454 e. The van der Waals surface area contributed by atoms with Gasteiger partial charge in [-0.3, -0.25) is 4.79 Å². The Morgan fingerprint density at radius 3 is 2.65 bits per heavy atom. The quantitative estimate of drug-likeness (QED) is 0.776. The summed E-state index contributed by atoms with van der Waals surface area (Å²) in [5.41, 5.74) is 0.207. The van der Waals surface area contributed by atoms with Crippen molar-refractivity contribution in [3.05, 3.63) is 35.5 Å². The van der Waals surface area contributed by atoms with E-state index in [4.69, 9.17) is 5.26 Å². The fourth-order valence-electron chi connectivity index (χ4n) is 1.54. The molecule has 3 nitrogen and oxygen atoms in total. The van der Waals surface area contributed by atoms with Crippen molar-refractivity contribution in [3.63, 3.8) is 0 Å². The number of halogens is 3. The second kappa shape index (κ2) is 3.63. The van der Waals surface area contributed by atoms with Crippen LogP contribution < -0.4 is 0 Å². The fraction of sp³-hybridized carbons (Fsp3) is 0.0909. The molecular weight excluding hydrogens is 233 g/mol. The number of ketones is 1. The third-order valence-corrected chi connectivity index (χ3v) is 2.31. The maximum atomic E-state index is 12.3. The molecule has 17 heavy (non-hydrogen) atoms. The number of H-pyrrole nitrogens is 1. The molecule has 1 heterocycles. The number of carbonyl (C=O) groups is 1. The highest BCUT2D eigenvalue weighted by Crippen LogP contribution is 2.27. The first-order valence-corrected chi connectivity index (χ1v) is 4.56. The minimum atomic E-state index is -4.90. The van der Waals surface area contributed by atoms with Crippen LogP contribution in [0.4, 0.5) is 13.2 Å². The zero-order valence-corrected chi connectivity index (χ0v) is 8.30. The molecular formula is C11H5F3N2O. The van der Waals surface area contributed by atoms with Gasteiger partial charge in [0.2, 0.25) is 0 Å². The van der Waals surface area contributed by atoms with Crippen LogP contribution in [0.15, 0.2) is 24.4 Å². The van der Waals surface area contributed by atoms with Crippen LogP contribution in [0.5, 0.6) is 0 Å². The topological polar surface area (TPSA) is 56.6 Å². The van der Waals surface area contributed by atoms with Gasteiger partial charge in [0.1, 0.15) is 0 Å². The Labute approximate surface area is 93.5 Å². The van der Waals surface area contributed by atoms with Crippen molar-refractivity contribution < 1.29 is 18.0 Å². The molecule has 6 heteroatoms. The first kappa shape index (κ1) is 11.2. The number of nitrogens with one attached hydrogen (secondary N) is 1. The molecule has 0 aliphatic rings. The number of hydrogen-bond acceptors (Lipinski definition) is 2. The Morgan fingerprint density at radius 1 is 1.35 bits per heavy atom. The standard InChI is InChI=1S/C11H5F3N2O/c12-11(13,14)10(17)8-5-16-9-3-6(4-15)1-2-7(8)9/h1-3,5,16H. The smallest absolute Gasteiger partial charge is 0.360 e. The van der Waals surface area contributed by atoms with E-state index in [0.29, 0.717) is 11.1 Å². The lowest BCUT2D eigenvalue weighted by atomic mass is 10.1. The Bertz CT molecular complexity index is 634. The molecule has 0 radical (unpaired) electrons. The molecule has 0 bridgehead atoms. The van der Waals surface area contributed by atoms with Crippen molar-refractivity contribution in [2.45, 2.75) is 6.18 Å². The Hall–Kier alpha value is -2.29. The van der Waals surface area contributed by atoms with E-state index in [2.05, 4.69) is 4.98 Å². The summed E-state index contributed by atoms with van der Waals surface area (Å²) in [6.07, 6.45) is -3.90. The molecule has 0 aliphatic carbocycles. The molecule has 2 rings (SSSR count). The Balaban J connectivity index is 2.59. The van der Waals surface area contributed by atoms with Gasteiger partial charge in [0.05, 0.1) is 17.2 Å². The van der Waals surface area contributed by atoms with Crippen LogP contribution in [0.1, 0.15) is 15.9 Å². The van der Waals surface area contributed by atoms with Crippen molar-refractivity contribution in [3.8, 4) is 6.07 Å². The number of Topliss-reactive ketones (excluding diaryl/α,β-unsaturated/α-hetero) is 1. The molecule has 0 aliphatic heterocycles. The van der Waals surface area contributed by atoms with E-state index >= 15 is 0 Å². The van der Waals surface area contributed by atoms with Gasteiger partial charge in [0, 0.05) is 17.1 Å². The lowest BCUT2D eigenvalue weighted by molar-refractivity contribution is -0.0884. The maximum absolute atomic E-state index is 12.3. The van der Waals surface area contributed by atoms with Gasteiger partial charge >= 0.3 is 6.18 Å². The second-order valence-corrected chi connectivity index (χ2v) is 3.40. The average Bonchev–Trinajstić information content (AvgIpc) is 2.69. The molecule has 1 aromatic carbocycles. The van der Waals surface area contributed by atoms with E-state index in [-0.39, 0.29) is 5.39 Å². The van der Waals surface area contributed by atoms with Crippen LogP contribution in [-0.4, -0.2) is 16.9 Å². The minimum absolute atomic E-state index is 0.159. The van der Waals surface area contributed by atoms with Gasteiger partial charge in [-0.2, -0.15) is 18.4 Å². The molecule has 0 spiro atoms. The SMILES string of the molecule is N#Cc1ccc2c(C(=O)C(F)(F)F)c[nH]c2c1. The number of fused-ring (bicyclic) bond motifs is 1. The number of nitrogens with zero attached hydrogens (tertiary/aromatic N) is 1. The van der Waals surface area contributed by atoms with E-state index in [1.807, 2.05) is 6.07 Å². The summed E-state index contributed by atoms with van der Waals surface area (Å²) in [5.74, 6) is -1.89. The molecule has 86 valence electrons. The monoisotopic (exact) mass is 238 g/mol. The molecule has 1 aromatic heterocycles. The number of rotatable bonds is 1. The fourth-order valence-corrected chi connectivity index (χ4v) is 1.54. The predicted molar refractivity (Wildman–Crippen MR) is 53.4 cm³/mol. The van der Waals surface area contributed by atoms with Crippen LogP contribution in [0.25, 0.3) is 10.9 Å². The van der Waals surface area contributed by atoms with Gasteiger partial charge in [-0.05, 0) is 12.1 Å². The molecule has 0 atom stereocenters. The highest BCUT2D eigenvalue weighted by atomic mass is 19.4. The van der Waals surface area contributed by atoms with Gasteiger partial charge in [-0.25, -0.2) is 0 Å². The number of benzene rings is 1. The number of carbonyl (C=O) groups excluding carboxylic acids is 1. The number of alkyl halides is 3. The summed E-state index contributed by atoms with van der Waals surface area (Å²) in [5, 5.41) is 8.79. The van der Waals surface area contributed by atoms with Gasteiger partial charge in [-0.1, -0.05) is 6.07 Å². The third-order valence-electron chi connectivity index (χ3n) is 2.31. The number of hydrogen-bond donors (Lipinski definition) is 1. The van der Waals surface area contributed by atoms with Gasteiger partial charge < -0.3 is 4.98 Å². The van der Waals surface area contributed by atoms with Crippen molar-refractivity contribution in [1.82, 2.24) is 4.98 Å². The molecule has 0 saturated heterocycles. The molecule has 0 saturated carbocycles. The van der Waals surface area contributed by atoms with Crippen molar-refractivity contribution >= 4 is 16.7 Å². The highest BCUT2D eigenvalue weighted by molar-refractivity contribution is 6.10. The molecule has 2 aromatic rings. The second-order valence-electron chi connectivity index (χ2n) is 3.40. The normalized spacial score (nSPS) is 11.4. The van der Waals surface area contributed by atoms with Crippen molar-refractivity contribution in [1.29, 1.82) is 5.26 Å². The van der Waals surface area contributed by atoms with Crippen LogP contribution in [0.2, 0.25) is 0 Å². The number of aromatic amines is 1. The van der Waals surface area contributed by atoms with Crippen LogP contribution in [0, 0.1) is 11.3 Å². The minimum Gasteiger partial charge on any atom is -0.360 e. The average molecular weight is 238 g/mol. The summed E-state index contributed by atoms with van der Waals surface area (Å²) < 4.78 is 36.8. The van der Waals surface area contributed by atoms with Crippen LogP contribution >= 0.6 is 0 Å². The van der Waals surface area contributed by atoms with Gasteiger partial charge in [0.15, 0.2) is 0 Å². The summed E-state index contributed by atoms with van der Waals surface area (Å²) in [6.45, 7) is 0. The predicted octanol–water partition coefficient (Wildman–Crippen LogP) is 2.78. The highest BCUT2D eigenvalue weighted by Gasteiger charge is 2.40. The first-order chi connectivity index (χ1) is 7.93. The third kappa shape index (κ3) is 1.87. The van der Waals surface area contributed by atoms with E-state index in [1.54, 1.807) is 0 Å². The first-order valence-electron chi connectivity index (χ1n) is 4.56. The summed E-state index contributed by atoms with van der Waals surface area (Å²) in [6, 6.07) is 5.94. The zero-order valence-electron chi connectivity index (χ0n) is 8.30. The Kier molecular flexibility index (Phi) is 2.39. The molecule has 0 amide bonds. The van der Waals surface area contributed by atoms with E-state index < -0.39 is 17.5 Å². The lowest BCUT2D eigenvalue weighted by Crippen LogP contribution is -2.22. The van der Waals surface area contributed by atoms with Crippen LogP contribution in [-0.2, 0) is 0 Å². The summed E-state index contributed by atoms with van der Waals surface area (Å²) >= 11 is 0. The molecule has 0 fully saturated rings. The summed E-state index contributed by atoms with van der Waals surface area (Å²) in [4.78, 5) is 13.6. The van der Waals surface area contributed by atoms with Gasteiger partial charge in [0.25, 0.3) is 5.78 Å². The zero-order chi connectivity index (χ0) is 12.6. The van der Waals surface area contributed by atoms with Crippen molar-refractivity contribution in [2.75, 3.05) is 0 Å². The molecule has 1 N–H and O–H groups in total. The summed E-state index contributed by atoms with van der Waals surface area (Å²) in [7, 11) is 0.